The Morgan fingerprint density at radius 1 is 1.31 bits per heavy atom. The quantitative estimate of drug-likeness (QED) is 0.643. The van der Waals surface area contributed by atoms with E-state index in [2.05, 4.69) is 15.5 Å². The molecule has 0 saturated carbocycles. The molecule has 8 nitrogen and oxygen atoms in total. The number of anilines is 1. The summed E-state index contributed by atoms with van der Waals surface area (Å²) in [6.07, 6.45) is 2.34. The highest BCUT2D eigenvalue weighted by molar-refractivity contribution is 5.99. The molecule has 1 atom stereocenters. The van der Waals surface area contributed by atoms with E-state index in [1.807, 2.05) is 6.92 Å². The monoisotopic (exact) mass is 354 g/mol. The number of rotatable bonds is 4. The van der Waals surface area contributed by atoms with Gasteiger partial charge in [0.1, 0.15) is 11.3 Å². The lowest BCUT2D eigenvalue weighted by Crippen LogP contribution is -2.37. The van der Waals surface area contributed by atoms with Gasteiger partial charge in [-0.15, -0.1) is 0 Å². The zero-order valence-electron chi connectivity index (χ0n) is 14.4. The zero-order chi connectivity index (χ0) is 18.8. The lowest BCUT2D eigenvalue weighted by atomic mass is 10.0. The molecule has 1 aliphatic heterocycles. The molecule has 1 unspecified atom stereocenters. The van der Waals surface area contributed by atoms with Gasteiger partial charge in [-0.3, -0.25) is 19.6 Å². The van der Waals surface area contributed by atoms with Crippen molar-refractivity contribution in [1.29, 1.82) is 0 Å². The van der Waals surface area contributed by atoms with E-state index in [1.165, 1.54) is 11.5 Å². The Hall–Kier alpha value is -3.29. The highest BCUT2D eigenvalue weighted by atomic mass is 16.4. The molecule has 3 rings (SSSR count). The number of benzene rings is 1. The first-order valence-corrected chi connectivity index (χ1v) is 8.17. The Morgan fingerprint density at radius 3 is 2.62 bits per heavy atom. The van der Waals surface area contributed by atoms with Crippen molar-refractivity contribution in [2.24, 2.45) is 5.10 Å². The lowest BCUT2D eigenvalue weighted by molar-refractivity contribution is 0.0693. The third-order valence-corrected chi connectivity index (χ3v) is 4.33. The maximum absolute atomic E-state index is 12.4. The Kier molecular flexibility index (Phi) is 4.66. The van der Waals surface area contributed by atoms with E-state index >= 15 is 0 Å². The van der Waals surface area contributed by atoms with E-state index in [-0.39, 0.29) is 17.4 Å². The molecule has 0 amide bonds. The van der Waals surface area contributed by atoms with Crippen LogP contribution in [0.25, 0.3) is 0 Å². The van der Waals surface area contributed by atoms with E-state index in [9.17, 15) is 14.4 Å². The largest absolute Gasteiger partial charge is 0.477 e. The lowest BCUT2D eigenvalue weighted by Gasteiger charge is -2.25. The molecule has 0 bridgehead atoms. The normalized spacial score (nSPS) is 17.6. The maximum Gasteiger partial charge on any atom is 0.342 e. The second-order valence-corrected chi connectivity index (χ2v) is 6.17. The van der Waals surface area contributed by atoms with Gasteiger partial charge in [0.2, 0.25) is 0 Å². The topological polar surface area (TPSA) is 114 Å². The van der Waals surface area contributed by atoms with Crippen LogP contribution >= 0.6 is 0 Å². The number of carbonyl (C=O) groups excluding carboxylic acids is 1. The number of fused-ring (bicyclic) bond motifs is 1. The molecule has 0 fully saturated rings. The van der Waals surface area contributed by atoms with E-state index in [1.54, 1.807) is 24.3 Å². The second kappa shape index (κ2) is 6.91. The second-order valence-electron chi connectivity index (χ2n) is 6.17. The number of hydrazone groups is 1. The fraction of sp³-hybridized carbons (Fsp3) is 0.278. The zero-order valence-corrected chi connectivity index (χ0v) is 14.4. The van der Waals surface area contributed by atoms with Gasteiger partial charge in [-0.05, 0) is 51.0 Å². The molecule has 1 aromatic carbocycles. The number of Topliss-reactive ketones (excluding diaryl/α,β-unsaturated/α-hetero) is 1. The molecule has 134 valence electrons. The highest BCUT2D eigenvalue weighted by Gasteiger charge is 2.26. The van der Waals surface area contributed by atoms with Crippen molar-refractivity contribution in [2.75, 3.05) is 5.43 Å². The SMILES string of the molecule is CC(=O)c1ccc(N/N=C2\CCC(C)n3c2ncc(C(=O)O)c3=O)cc1. The fourth-order valence-corrected chi connectivity index (χ4v) is 2.84. The first-order chi connectivity index (χ1) is 12.4. The first-order valence-electron chi connectivity index (χ1n) is 8.17. The number of carboxylic acid groups (broad SMARTS) is 1. The van der Waals surface area contributed by atoms with E-state index in [0.717, 1.165) is 6.20 Å². The fourth-order valence-electron chi connectivity index (χ4n) is 2.84. The summed E-state index contributed by atoms with van der Waals surface area (Å²) in [7, 11) is 0. The molecule has 0 aliphatic carbocycles. The summed E-state index contributed by atoms with van der Waals surface area (Å²) >= 11 is 0. The number of aromatic carboxylic acids is 1. The van der Waals surface area contributed by atoms with Crippen LogP contribution in [-0.2, 0) is 0 Å². The van der Waals surface area contributed by atoms with Crippen molar-refractivity contribution in [3.8, 4) is 0 Å². The van der Waals surface area contributed by atoms with Gasteiger partial charge in [-0.2, -0.15) is 5.10 Å². The molecule has 1 aromatic heterocycles. The van der Waals surface area contributed by atoms with Crippen LogP contribution in [0.5, 0.6) is 0 Å². The molecule has 2 heterocycles. The van der Waals surface area contributed by atoms with Gasteiger partial charge in [0, 0.05) is 17.8 Å². The van der Waals surface area contributed by atoms with E-state index in [4.69, 9.17) is 5.11 Å². The number of carboxylic acids is 1. The average molecular weight is 354 g/mol. The number of aromatic nitrogens is 2. The van der Waals surface area contributed by atoms with Crippen LogP contribution in [-0.4, -0.2) is 32.1 Å². The van der Waals surface area contributed by atoms with Gasteiger partial charge in [0.15, 0.2) is 11.6 Å². The first kappa shape index (κ1) is 17.5. The van der Waals surface area contributed by atoms with Crippen molar-refractivity contribution in [3.05, 3.63) is 57.8 Å². The predicted octanol–water partition coefficient (Wildman–Crippen LogP) is 2.32. The number of hydrogen-bond donors (Lipinski definition) is 2. The summed E-state index contributed by atoms with van der Waals surface area (Å²) in [6, 6.07) is 6.71. The van der Waals surface area contributed by atoms with Crippen molar-refractivity contribution >= 4 is 23.2 Å². The van der Waals surface area contributed by atoms with Crippen LogP contribution < -0.4 is 11.0 Å². The van der Waals surface area contributed by atoms with Crippen LogP contribution in [0.15, 0.2) is 40.4 Å². The van der Waals surface area contributed by atoms with Crippen molar-refractivity contribution in [3.63, 3.8) is 0 Å². The molecule has 0 radical (unpaired) electrons. The number of carbonyl (C=O) groups is 2. The third-order valence-electron chi connectivity index (χ3n) is 4.33. The number of nitrogens with one attached hydrogen (secondary N) is 1. The molecule has 0 saturated heterocycles. The minimum absolute atomic E-state index is 0.0177. The summed E-state index contributed by atoms with van der Waals surface area (Å²) in [5.74, 6) is -0.944. The smallest absolute Gasteiger partial charge is 0.342 e. The number of hydrogen-bond acceptors (Lipinski definition) is 6. The predicted molar refractivity (Wildman–Crippen MR) is 96.0 cm³/mol. The molecule has 1 aliphatic rings. The summed E-state index contributed by atoms with van der Waals surface area (Å²) in [6.45, 7) is 3.35. The Labute approximate surface area is 149 Å². The van der Waals surface area contributed by atoms with Gasteiger partial charge in [0.05, 0.1) is 5.69 Å². The minimum atomic E-state index is -1.29. The van der Waals surface area contributed by atoms with Crippen molar-refractivity contribution in [1.82, 2.24) is 9.55 Å². The number of nitrogens with zero attached hydrogens (tertiary/aromatic N) is 3. The summed E-state index contributed by atoms with van der Waals surface area (Å²) < 4.78 is 1.38. The highest BCUT2D eigenvalue weighted by Crippen LogP contribution is 2.22. The molecular weight excluding hydrogens is 336 g/mol. The third kappa shape index (κ3) is 3.26. The molecule has 0 spiro atoms. The van der Waals surface area contributed by atoms with Gasteiger partial charge in [0.25, 0.3) is 5.56 Å². The summed E-state index contributed by atoms with van der Waals surface area (Å²) in [5.41, 5.74) is 3.84. The maximum atomic E-state index is 12.4. The minimum Gasteiger partial charge on any atom is -0.477 e. The van der Waals surface area contributed by atoms with Crippen LogP contribution in [0.3, 0.4) is 0 Å². The van der Waals surface area contributed by atoms with Gasteiger partial charge in [-0.25, -0.2) is 9.78 Å². The van der Waals surface area contributed by atoms with Crippen molar-refractivity contribution < 1.29 is 14.7 Å². The van der Waals surface area contributed by atoms with Crippen LogP contribution in [0, 0.1) is 0 Å². The molecule has 8 heteroatoms. The molecule has 2 aromatic rings. The molecule has 26 heavy (non-hydrogen) atoms. The molecule has 2 N–H and O–H groups in total. The average Bonchev–Trinajstić information content (AvgIpc) is 2.61. The van der Waals surface area contributed by atoms with Crippen LogP contribution in [0.4, 0.5) is 5.69 Å². The standard InChI is InChI=1S/C18H18N4O4/c1-10-3-8-15(16-19-9-14(18(25)26)17(24)22(10)16)21-20-13-6-4-12(5-7-13)11(2)23/h4-7,9-10,20H,3,8H2,1-2H3,(H,25,26)/b21-15+. The van der Waals surface area contributed by atoms with Gasteiger partial charge >= 0.3 is 5.97 Å². The summed E-state index contributed by atoms with van der Waals surface area (Å²) in [5, 5.41) is 13.4. The molecular formula is C18H18N4O4. The van der Waals surface area contributed by atoms with E-state index in [0.29, 0.717) is 35.6 Å². The van der Waals surface area contributed by atoms with Crippen LogP contribution in [0.1, 0.15) is 59.3 Å². The Balaban J connectivity index is 1.93. The number of ketones is 1. The van der Waals surface area contributed by atoms with Crippen LogP contribution in [0.2, 0.25) is 0 Å². The Morgan fingerprint density at radius 2 is 2.00 bits per heavy atom. The van der Waals surface area contributed by atoms with Gasteiger partial charge < -0.3 is 5.11 Å². The summed E-state index contributed by atoms with van der Waals surface area (Å²) in [4.78, 5) is 39.0. The Bertz CT molecular complexity index is 960. The van der Waals surface area contributed by atoms with E-state index < -0.39 is 11.5 Å². The van der Waals surface area contributed by atoms with Gasteiger partial charge in [-0.1, -0.05) is 0 Å². The van der Waals surface area contributed by atoms with Crippen molar-refractivity contribution in [2.45, 2.75) is 32.7 Å².